The van der Waals surface area contributed by atoms with Crippen molar-refractivity contribution in [2.75, 3.05) is 7.11 Å². The van der Waals surface area contributed by atoms with Gasteiger partial charge < -0.3 is 28.8 Å². The molecule has 0 aliphatic carbocycles. The Morgan fingerprint density at radius 3 is 1.68 bits per heavy atom. The average Bonchev–Trinajstić information content (AvgIpc) is 3.50. The second kappa shape index (κ2) is 16.8. The van der Waals surface area contributed by atoms with Crippen LogP contribution >= 0.6 is 11.6 Å². The smallest absolute Gasteiger partial charge is 0.430 e. The van der Waals surface area contributed by atoms with Crippen molar-refractivity contribution in [2.24, 2.45) is 0 Å². The van der Waals surface area contributed by atoms with Crippen LogP contribution in [0.1, 0.15) is 28.1 Å². The van der Waals surface area contributed by atoms with Gasteiger partial charge in [0.15, 0.2) is 0 Å². The van der Waals surface area contributed by atoms with Crippen molar-refractivity contribution in [3.8, 4) is 28.7 Å². The number of alkyl halides is 12. The van der Waals surface area contributed by atoms with Gasteiger partial charge >= 0.3 is 24.7 Å². The minimum atomic E-state index is -5.96. The van der Waals surface area contributed by atoms with Crippen LogP contribution in [0.15, 0.2) is 101 Å². The molecule has 57 heavy (non-hydrogen) atoms. The van der Waals surface area contributed by atoms with Crippen LogP contribution in [0.4, 0.5) is 52.7 Å². The van der Waals surface area contributed by atoms with Gasteiger partial charge in [-0.1, -0.05) is 54.1 Å². The Balaban J connectivity index is 0.000000257. The van der Waals surface area contributed by atoms with Gasteiger partial charge in [0.2, 0.25) is 5.89 Å². The van der Waals surface area contributed by atoms with E-state index in [0.29, 0.717) is 52.1 Å². The first-order valence-corrected chi connectivity index (χ1v) is 16.2. The quantitative estimate of drug-likeness (QED) is 0.135. The van der Waals surface area contributed by atoms with Crippen molar-refractivity contribution < 1.29 is 81.5 Å². The van der Waals surface area contributed by atoms with Crippen LogP contribution in [0, 0.1) is 6.92 Å². The number of hydrogen-bond acceptors (Lipinski definition) is 7. The summed E-state index contributed by atoms with van der Waals surface area (Å²) in [6.45, 7) is 0.525. The van der Waals surface area contributed by atoms with Gasteiger partial charge in [-0.15, -0.1) is 0 Å². The Bertz CT molecular complexity index is 2050. The van der Waals surface area contributed by atoms with Crippen molar-refractivity contribution in [3.05, 3.63) is 130 Å². The maximum absolute atomic E-state index is 13.6. The predicted octanol–water partition coefficient (Wildman–Crippen LogP) is 11.1. The lowest BCUT2D eigenvalue weighted by Crippen LogP contribution is -2.55. The van der Waals surface area contributed by atoms with E-state index in [9.17, 15) is 62.9 Å². The van der Waals surface area contributed by atoms with Crippen LogP contribution in [-0.2, 0) is 29.2 Å². The zero-order chi connectivity index (χ0) is 42.6. The van der Waals surface area contributed by atoms with E-state index >= 15 is 0 Å². The van der Waals surface area contributed by atoms with Gasteiger partial charge in [-0.05, 0) is 67.1 Å². The summed E-state index contributed by atoms with van der Waals surface area (Å²) >= 11 is 5.93. The summed E-state index contributed by atoms with van der Waals surface area (Å²) in [4.78, 5) is 4.27. The minimum Gasteiger partial charge on any atom is -0.508 e. The monoisotopic (exact) mass is 845 g/mol. The molecule has 2 N–H and O–H groups in total. The summed E-state index contributed by atoms with van der Waals surface area (Å²) in [6, 6.07) is 17.4. The SMILES string of the molecule is COc1ccc(COC(c2ccc(O)cc2)(C(F)(F)F)C(F)(F)F)cc1.Cc1oc(-c2cccc(Cl)c2)nc1COc1ccc(C(O)(C(F)(F)F)C(F)(F)F)cc1. The van der Waals surface area contributed by atoms with Gasteiger partial charge in [0, 0.05) is 21.7 Å². The van der Waals surface area contributed by atoms with E-state index in [1.807, 2.05) is 0 Å². The highest BCUT2D eigenvalue weighted by Crippen LogP contribution is 2.54. The van der Waals surface area contributed by atoms with Crippen molar-refractivity contribution >= 4 is 11.6 Å². The molecule has 0 aliphatic heterocycles. The highest BCUT2D eigenvalue weighted by molar-refractivity contribution is 6.30. The highest BCUT2D eigenvalue weighted by Gasteiger charge is 2.73. The fourth-order valence-corrected chi connectivity index (χ4v) is 5.27. The van der Waals surface area contributed by atoms with E-state index < -0.39 is 59.4 Å². The molecule has 20 heteroatoms. The average molecular weight is 846 g/mol. The van der Waals surface area contributed by atoms with E-state index in [-0.39, 0.29) is 23.8 Å². The molecule has 0 amide bonds. The lowest BCUT2D eigenvalue weighted by Gasteiger charge is -2.37. The van der Waals surface area contributed by atoms with Gasteiger partial charge in [-0.3, -0.25) is 0 Å². The molecule has 5 aromatic rings. The van der Waals surface area contributed by atoms with E-state index in [1.165, 1.54) is 31.4 Å². The summed E-state index contributed by atoms with van der Waals surface area (Å²) in [5.74, 6) is 0.582. The standard InChI is InChI=1S/C20H14ClF6NO3.C17H14F6O3/c1-11-16(28-17(31-11)12-3-2-4-14(21)9-12)10-30-15-7-5-13(6-8-15)18(29,19(22,23)24)20(25,26)27;1-25-14-8-2-11(3-9-14)10-26-15(16(18,19)20,17(21,22)23)12-4-6-13(24)7-5-12/h2-9,29H,10H2,1H3;2-9,24H,10H2,1H3. The molecule has 0 saturated carbocycles. The van der Waals surface area contributed by atoms with E-state index in [2.05, 4.69) is 9.72 Å². The molecule has 0 atom stereocenters. The first kappa shape index (κ1) is 44.6. The Hall–Kier alpha value is -5.14. The third kappa shape index (κ3) is 9.70. The summed E-state index contributed by atoms with van der Waals surface area (Å²) in [6.07, 6.45) is -23.5. The highest BCUT2D eigenvalue weighted by atomic mass is 35.5. The summed E-state index contributed by atoms with van der Waals surface area (Å²) in [7, 11) is 1.37. The molecule has 0 fully saturated rings. The molecule has 0 radical (unpaired) electrons. The third-order valence-corrected chi connectivity index (χ3v) is 8.35. The van der Waals surface area contributed by atoms with Gasteiger partial charge in [0.05, 0.1) is 13.7 Å². The fourth-order valence-electron chi connectivity index (χ4n) is 5.08. The zero-order valence-corrected chi connectivity index (χ0v) is 29.8. The molecule has 308 valence electrons. The number of phenolic OH excluding ortho intramolecular Hbond substituents is 1. The number of hydrogen-bond donors (Lipinski definition) is 2. The molecular weight excluding hydrogens is 818 g/mol. The molecule has 5 rings (SSSR count). The molecule has 1 aromatic heterocycles. The van der Waals surface area contributed by atoms with Gasteiger partial charge in [-0.25, -0.2) is 4.98 Å². The van der Waals surface area contributed by atoms with Crippen molar-refractivity contribution in [1.29, 1.82) is 0 Å². The van der Waals surface area contributed by atoms with Crippen LogP contribution < -0.4 is 9.47 Å². The fraction of sp³-hybridized carbons (Fsp3) is 0.270. The van der Waals surface area contributed by atoms with Crippen LogP contribution in [0.25, 0.3) is 11.5 Å². The van der Waals surface area contributed by atoms with E-state index in [4.69, 9.17) is 25.5 Å². The number of aromatic hydroxyl groups is 1. The van der Waals surface area contributed by atoms with Crippen LogP contribution in [0.3, 0.4) is 0 Å². The number of oxazole rings is 1. The molecule has 0 saturated heterocycles. The first-order valence-electron chi connectivity index (χ1n) is 15.8. The summed E-state index contributed by atoms with van der Waals surface area (Å²) in [5.41, 5.74) is -11.0. The number of ether oxygens (including phenoxy) is 3. The number of aliphatic hydroxyl groups is 1. The van der Waals surface area contributed by atoms with E-state index in [1.54, 1.807) is 31.2 Å². The molecule has 0 bridgehead atoms. The topological polar surface area (TPSA) is 94.2 Å². The predicted molar refractivity (Wildman–Crippen MR) is 178 cm³/mol. The number of nitrogens with zero attached hydrogens (tertiary/aromatic N) is 1. The maximum Gasteiger partial charge on any atom is 0.430 e. The van der Waals surface area contributed by atoms with Gasteiger partial charge in [0.1, 0.15) is 35.3 Å². The lowest BCUT2D eigenvalue weighted by atomic mass is 9.91. The van der Waals surface area contributed by atoms with Gasteiger partial charge in [-0.2, -0.15) is 52.7 Å². The largest absolute Gasteiger partial charge is 0.508 e. The Morgan fingerprint density at radius 2 is 1.19 bits per heavy atom. The van der Waals surface area contributed by atoms with Crippen LogP contribution in [0.2, 0.25) is 5.02 Å². The Kier molecular flexibility index (Phi) is 13.1. The number of benzene rings is 4. The normalized spacial score (nSPS) is 12.8. The number of rotatable bonds is 10. The second-order valence-corrected chi connectivity index (χ2v) is 12.3. The summed E-state index contributed by atoms with van der Waals surface area (Å²) < 4.78 is 179. The van der Waals surface area contributed by atoms with Crippen molar-refractivity contribution in [3.63, 3.8) is 0 Å². The number of phenols is 1. The third-order valence-electron chi connectivity index (χ3n) is 8.12. The van der Waals surface area contributed by atoms with Crippen LogP contribution in [0.5, 0.6) is 17.2 Å². The van der Waals surface area contributed by atoms with Gasteiger partial charge in [0.25, 0.3) is 11.2 Å². The van der Waals surface area contributed by atoms with Crippen molar-refractivity contribution in [1.82, 2.24) is 4.98 Å². The molecular formula is C37H28ClF12NO6. The molecule has 0 spiro atoms. The molecule has 0 aliphatic rings. The first-order chi connectivity index (χ1) is 26.3. The lowest BCUT2D eigenvalue weighted by molar-refractivity contribution is -0.392. The van der Waals surface area contributed by atoms with E-state index in [0.717, 1.165) is 24.3 Å². The molecule has 0 unspecified atom stereocenters. The number of aryl methyl sites for hydroxylation is 1. The second-order valence-electron chi connectivity index (χ2n) is 11.9. The van der Waals surface area contributed by atoms with Crippen LogP contribution in [-0.4, -0.2) is 47.0 Å². The number of halogens is 13. The minimum absolute atomic E-state index is 0.0258. The Labute approximate surface area is 320 Å². The van der Waals surface area contributed by atoms with Crippen molar-refractivity contribution in [2.45, 2.75) is 56.0 Å². The molecule has 7 nitrogen and oxygen atoms in total. The zero-order valence-electron chi connectivity index (χ0n) is 29.0. The summed E-state index contributed by atoms with van der Waals surface area (Å²) in [5, 5.41) is 19.0. The molecule has 1 heterocycles. The molecule has 4 aromatic carbocycles. The maximum atomic E-state index is 13.6. The number of methoxy groups -OCH3 is 1. The Morgan fingerprint density at radius 1 is 0.667 bits per heavy atom. The number of aromatic nitrogens is 1.